The molecule has 3 rings (SSSR count). The molecule has 0 radical (unpaired) electrons. The van der Waals surface area contributed by atoms with Gasteiger partial charge in [-0.3, -0.25) is 0 Å². The number of hydrogen-bond acceptors (Lipinski definition) is 6. The Morgan fingerprint density at radius 3 is 2.63 bits per heavy atom. The molecule has 0 saturated carbocycles. The number of aryl methyl sites for hydroxylation is 1. The monoisotopic (exact) mass is 487 g/mol. The third-order valence-corrected chi connectivity index (χ3v) is 5.43. The second-order valence-electron chi connectivity index (χ2n) is 9.45. The predicted octanol–water partition coefficient (Wildman–Crippen LogP) is 5.06. The van der Waals surface area contributed by atoms with Gasteiger partial charge in [0.25, 0.3) is 0 Å². The van der Waals surface area contributed by atoms with Crippen molar-refractivity contribution in [3.63, 3.8) is 0 Å². The molecule has 0 aromatic heterocycles. The number of ether oxygens (including phenoxy) is 4. The van der Waals surface area contributed by atoms with Gasteiger partial charge in [-0.2, -0.15) is 0 Å². The number of esters is 1. The molecule has 0 bridgehead atoms. The molecule has 0 spiro atoms. The molecule has 1 amide bonds. The molecule has 1 aliphatic rings. The summed E-state index contributed by atoms with van der Waals surface area (Å²) in [6.07, 6.45) is -1.96. The van der Waals surface area contributed by atoms with E-state index >= 15 is 4.39 Å². The van der Waals surface area contributed by atoms with Gasteiger partial charge in [-0.05, 0) is 51.8 Å². The fraction of sp³-hybridized carbons (Fsp3) is 0.481. The van der Waals surface area contributed by atoms with Crippen LogP contribution in [-0.2, 0) is 23.7 Å². The van der Waals surface area contributed by atoms with Crippen LogP contribution in [0.1, 0.15) is 44.9 Å². The SMILES string of the molecule is CCOC(=O)CO[C@@H](c1cccc(F)c1-c1cccc(C)c1)C1CN(C(=O)OC(C)(C)C)CCO1. The second-order valence-corrected chi connectivity index (χ2v) is 9.45. The quantitative estimate of drug-likeness (QED) is 0.509. The van der Waals surface area contributed by atoms with E-state index in [9.17, 15) is 9.59 Å². The lowest BCUT2D eigenvalue weighted by atomic mass is 9.92. The van der Waals surface area contributed by atoms with E-state index in [4.69, 9.17) is 18.9 Å². The maximum absolute atomic E-state index is 15.2. The van der Waals surface area contributed by atoms with Crippen LogP contribution in [0.4, 0.5) is 9.18 Å². The molecule has 2 atom stereocenters. The number of hydrogen-bond donors (Lipinski definition) is 0. The number of amides is 1. The normalized spacial score (nSPS) is 17.1. The average Bonchev–Trinajstić information content (AvgIpc) is 2.78. The molecule has 7 nitrogen and oxygen atoms in total. The number of rotatable bonds is 7. The Morgan fingerprint density at radius 1 is 1.20 bits per heavy atom. The van der Waals surface area contributed by atoms with Gasteiger partial charge in [0, 0.05) is 12.1 Å². The summed E-state index contributed by atoms with van der Waals surface area (Å²) in [7, 11) is 0. The van der Waals surface area contributed by atoms with Crippen LogP contribution >= 0.6 is 0 Å². The van der Waals surface area contributed by atoms with Crippen LogP contribution in [-0.4, -0.2) is 61.6 Å². The molecular formula is C27H34FNO6. The van der Waals surface area contributed by atoms with Gasteiger partial charge in [0.05, 0.1) is 19.8 Å². The van der Waals surface area contributed by atoms with Crippen molar-refractivity contribution < 1.29 is 32.9 Å². The zero-order valence-corrected chi connectivity index (χ0v) is 21.0. The van der Waals surface area contributed by atoms with Crippen LogP contribution in [0, 0.1) is 12.7 Å². The summed E-state index contributed by atoms with van der Waals surface area (Å²) in [4.78, 5) is 26.4. The molecular weight excluding hydrogens is 453 g/mol. The molecule has 1 aliphatic heterocycles. The lowest BCUT2D eigenvalue weighted by Gasteiger charge is -2.38. The van der Waals surface area contributed by atoms with Crippen molar-refractivity contribution in [2.24, 2.45) is 0 Å². The highest BCUT2D eigenvalue weighted by molar-refractivity contribution is 5.72. The Kier molecular flexibility index (Phi) is 8.86. The maximum Gasteiger partial charge on any atom is 0.410 e. The molecule has 0 aliphatic carbocycles. The lowest BCUT2D eigenvalue weighted by molar-refractivity contribution is -0.158. The van der Waals surface area contributed by atoms with E-state index in [1.54, 1.807) is 44.7 Å². The predicted molar refractivity (Wildman–Crippen MR) is 129 cm³/mol. The zero-order chi connectivity index (χ0) is 25.6. The standard InChI is InChI=1S/C27H34FNO6/c1-6-32-23(30)17-34-25(22-16-29(13-14-33-22)26(31)35-27(3,4)5)20-11-8-12-21(28)24(20)19-10-7-9-18(2)15-19/h7-12,15,22,25H,6,13-14,16-17H2,1-5H3/t22?,25-/m0/s1. The largest absolute Gasteiger partial charge is 0.464 e. The Labute approximate surface area is 206 Å². The Morgan fingerprint density at radius 2 is 1.94 bits per heavy atom. The van der Waals surface area contributed by atoms with E-state index < -0.39 is 35.7 Å². The minimum Gasteiger partial charge on any atom is -0.464 e. The van der Waals surface area contributed by atoms with Crippen molar-refractivity contribution in [2.75, 3.05) is 32.9 Å². The van der Waals surface area contributed by atoms with Gasteiger partial charge in [-0.1, -0.05) is 42.0 Å². The Hall–Kier alpha value is -2.97. The molecule has 8 heteroatoms. The van der Waals surface area contributed by atoms with Gasteiger partial charge in [0.1, 0.15) is 30.2 Å². The maximum atomic E-state index is 15.2. The van der Waals surface area contributed by atoms with E-state index in [0.717, 1.165) is 5.56 Å². The topological polar surface area (TPSA) is 74.3 Å². The number of benzene rings is 2. The Balaban J connectivity index is 1.97. The van der Waals surface area contributed by atoms with Gasteiger partial charge in [0.2, 0.25) is 0 Å². The summed E-state index contributed by atoms with van der Waals surface area (Å²) in [6, 6.07) is 12.2. The van der Waals surface area contributed by atoms with Gasteiger partial charge in [0.15, 0.2) is 0 Å². The van der Waals surface area contributed by atoms with E-state index in [0.29, 0.717) is 23.2 Å². The fourth-order valence-electron chi connectivity index (χ4n) is 3.99. The number of halogens is 1. The summed E-state index contributed by atoms with van der Waals surface area (Å²) in [6.45, 7) is 9.68. The first kappa shape index (κ1) is 26.6. The van der Waals surface area contributed by atoms with Crippen molar-refractivity contribution >= 4 is 12.1 Å². The third kappa shape index (κ3) is 7.26. The highest BCUT2D eigenvalue weighted by atomic mass is 19.1. The number of nitrogens with zero attached hydrogens (tertiary/aromatic N) is 1. The van der Waals surface area contributed by atoms with E-state index in [1.807, 2.05) is 31.2 Å². The van der Waals surface area contributed by atoms with Crippen LogP contribution in [0.2, 0.25) is 0 Å². The van der Waals surface area contributed by atoms with Crippen LogP contribution in [0.25, 0.3) is 11.1 Å². The third-order valence-electron chi connectivity index (χ3n) is 5.43. The van der Waals surface area contributed by atoms with E-state index in [2.05, 4.69) is 0 Å². The first-order chi connectivity index (χ1) is 16.6. The van der Waals surface area contributed by atoms with E-state index in [1.165, 1.54) is 6.07 Å². The van der Waals surface area contributed by atoms with Crippen molar-refractivity contribution in [3.8, 4) is 11.1 Å². The van der Waals surface area contributed by atoms with Crippen LogP contribution < -0.4 is 0 Å². The first-order valence-corrected chi connectivity index (χ1v) is 11.8. The Bertz CT molecular complexity index is 1030. The average molecular weight is 488 g/mol. The number of carbonyl (C=O) groups is 2. The summed E-state index contributed by atoms with van der Waals surface area (Å²) < 4.78 is 37.8. The molecule has 1 heterocycles. The zero-order valence-electron chi connectivity index (χ0n) is 21.0. The van der Waals surface area contributed by atoms with Crippen LogP contribution in [0.3, 0.4) is 0 Å². The molecule has 1 fully saturated rings. The molecule has 1 unspecified atom stereocenters. The molecule has 1 saturated heterocycles. The van der Waals surface area contributed by atoms with Gasteiger partial charge in [-0.15, -0.1) is 0 Å². The van der Waals surface area contributed by atoms with Crippen molar-refractivity contribution in [1.29, 1.82) is 0 Å². The molecule has 35 heavy (non-hydrogen) atoms. The second kappa shape index (κ2) is 11.6. The van der Waals surface area contributed by atoms with Gasteiger partial charge in [-0.25, -0.2) is 14.0 Å². The van der Waals surface area contributed by atoms with Gasteiger partial charge >= 0.3 is 12.1 Å². The van der Waals surface area contributed by atoms with Crippen LogP contribution in [0.15, 0.2) is 42.5 Å². The minimum absolute atomic E-state index is 0.159. The van der Waals surface area contributed by atoms with Crippen molar-refractivity contribution in [2.45, 2.75) is 52.4 Å². The lowest BCUT2D eigenvalue weighted by Crippen LogP contribution is -2.49. The number of carbonyl (C=O) groups excluding carboxylic acids is 2. The minimum atomic E-state index is -0.837. The highest BCUT2D eigenvalue weighted by Gasteiger charge is 2.36. The summed E-state index contributed by atoms with van der Waals surface area (Å²) in [5.41, 5.74) is 1.90. The smallest absolute Gasteiger partial charge is 0.410 e. The summed E-state index contributed by atoms with van der Waals surface area (Å²) in [5.74, 6) is -0.955. The van der Waals surface area contributed by atoms with Crippen molar-refractivity contribution in [1.82, 2.24) is 4.90 Å². The molecule has 190 valence electrons. The molecule has 2 aromatic rings. The van der Waals surface area contributed by atoms with Crippen LogP contribution in [0.5, 0.6) is 0 Å². The van der Waals surface area contributed by atoms with E-state index in [-0.39, 0.29) is 26.4 Å². The first-order valence-electron chi connectivity index (χ1n) is 11.8. The summed E-state index contributed by atoms with van der Waals surface area (Å²) in [5, 5.41) is 0. The fourth-order valence-corrected chi connectivity index (χ4v) is 3.99. The molecule has 2 aromatic carbocycles. The highest BCUT2D eigenvalue weighted by Crippen LogP contribution is 2.36. The summed E-state index contributed by atoms with van der Waals surface area (Å²) >= 11 is 0. The van der Waals surface area contributed by atoms with Gasteiger partial charge < -0.3 is 23.8 Å². The van der Waals surface area contributed by atoms with Crippen molar-refractivity contribution in [3.05, 3.63) is 59.4 Å². The molecule has 0 N–H and O–H groups in total. The number of morpholine rings is 1.